The first-order chi connectivity index (χ1) is 28.7. The van der Waals surface area contributed by atoms with E-state index in [1.807, 2.05) is 85.5 Å². The van der Waals surface area contributed by atoms with Gasteiger partial charge in [0.1, 0.15) is 18.5 Å². The lowest BCUT2D eigenvalue weighted by Gasteiger charge is -2.44. The zero-order valence-corrected chi connectivity index (χ0v) is 34.7. The number of aryl methyl sites for hydroxylation is 2. The topological polar surface area (TPSA) is 139 Å². The van der Waals surface area contributed by atoms with Crippen molar-refractivity contribution in [2.24, 2.45) is 0 Å². The average molecular weight is 810 g/mol. The molecule has 59 heavy (non-hydrogen) atoms. The number of ketones is 1. The van der Waals surface area contributed by atoms with Crippen LogP contribution in [0, 0.1) is 13.8 Å². The summed E-state index contributed by atoms with van der Waals surface area (Å²) < 4.78 is 23.4. The molecular weight excluding hydrogens is 751 g/mol. The zero-order chi connectivity index (χ0) is 41.3. The number of nitrogens with zero attached hydrogens (tertiary/aromatic N) is 3. The van der Waals surface area contributed by atoms with Crippen molar-refractivity contribution in [3.05, 3.63) is 94.5 Å². The lowest BCUT2D eigenvalue weighted by atomic mass is 9.88. The van der Waals surface area contributed by atoms with Crippen LogP contribution < -0.4 is 15.4 Å². The van der Waals surface area contributed by atoms with Crippen LogP contribution in [-0.2, 0) is 38.5 Å². The molecule has 0 aliphatic carbocycles. The van der Waals surface area contributed by atoms with Crippen molar-refractivity contribution in [3.63, 3.8) is 0 Å². The standard InChI is InChI=1S/C46H59N5O8/c1-4-56-46(55)58-38-19-25-50(36-14-20-47-21-15-36)40(29-38)42(52)41(28-34-26-31(2)43(32(3)27-34)57-30-33-10-6-5-7-11-33)59-45(54)49-22-17-37(18-23-49)51-24-16-35-12-8-9-13-39(35)48-44(51)53/h5-13,26-27,36-38,40-41,47H,4,14-25,28-30H2,1-3H3,(H,48,53)/t38?,40?,41-/m1/s1. The molecule has 7 rings (SSSR count). The van der Waals surface area contributed by atoms with Crippen molar-refractivity contribution in [1.82, 2.24) is 20.0 Å². The Morgan fingerprint density at radius 3 is 2.27 bits per heavy atom. The molecule has 13 heteroatoms. The maximum atomic E-state index is 15.0. The number of carbonyl (C=O) groups is 4. The summed E-state index contributed by atoms with van der Waals surface area (Å²) in [4.78, 5) is 60.7. The number of Topliss-reactive ketones (excluding diaryl/α,β-unsaturated/α-hetero) is 1. The number of para-hydroxylation sites is 1. The second-order valence-electron chi connectivity index (χ2n) is 16.2. The van der Waals surface area contributed by atoms with Crippen LogP contribution in [0.3, 0.4) is 0 Å². The predicted molar refractivity (Wildman–Crippen MR) is 224 cm³/mol. The third kappa shape index (κ3) is 10.5. The van der Waals surface area contributed by atoms with Crippen LogP contribution in [0.25, 0.3) is 0 Å². The normalized spacial score (nSPS) is 21.1. The van der Waals surface area contributed by atoms with E-state index in [9.17, 15) is 14.4 Å². The van der Waals surface area contributed by atoms with E-state index in [1.54, 1.807) is 11.8 Å². The maximum Gasteiger partial charge on any atom is 0.508 e. The maximum absolute atomic E-state index is 15.0. The number of urea groups is 1. The smallest absolute Gasteiger partial charge is 0.488 e. The second kappa shape index (κ2) is 19.7. The molecule has 2 unspecified atom stereocenters. The third-order valence-electron chi connectivity index (χ3n) is 12.3. The average Bonchev–Trinajstić information content (AvgIpc) is 3.41. The van der Waals surface area contributed by atoms with E-state index in [1.165, 1.54) is 0 Å². The van der Waals surface area contributed by atoms with Gasteiger partial charge in [0.2, 0.25) is 0 Å². The lowest BCUT2D eigenvalue weighted by molar-refractivity contribution is -0.139. The van der Waals surface area contributed by atoms with Crippen LogP contribution in [0.15, 0.2) is 66.7 Å². The Morgan fingerprint density at radius 1 is 0.831 bits per heavy atom. The molecule has 3 aromatic rings. The van der Waals surface area contributed by atoms with E-state index in [0.717, 1.165) is 71.6 Å². The third-order valence-corrected chi connectivity index (χ3v) is 12.3. The van der Waals surface area contributed by atoms with Crippen molar-refractivity contribution in [3.8, 4) is 5.75 Å². The number of hydrogen-bond donors (Lipinski definition) is 2. The quantitative estimate of drug-likeness (QED) is 0.188. The summed E-state index contributed by atoms with van der Waals surface area (Å²) >= 11 is 0. The first-order valence-electron chi connectivity index (χ1n) is 21.4. The van der Waals surface area contributed by atoms with E-state index in [4.69, 9.17) is 18.9 Å². The van der Waals surface area contributed by atoms with Crippen molar-refractivity contribution in [1.29, 1.82) is 0 Å². The molecule has 0 bridgehead atoms. The molecular formula is C46H59N5O8. The number of rotatable bonds is 12. The Kier molecular flexibility index (Phi) is 14.1. The van der Waals surface area contributed by atoms with Gasteiger partial charge in [-0.15, -0.1) is 0 Å². The van der Waals surface area contributed by atoms with Crippen LogP contribution in [-0.4, -0.2) is 115 Å². The summed E-state index contributed by atoms with van der Waals surface area (Å²) in [7, 11) is 0. The van der Waals surface area contributed by atoms with E-state index in [-0.39, 0.29) is 43.3 Å². The molecule has 316 valence electrons. The van der Waals surface area contributed by atoms with Crippen LogP contribution in [0.2, 0.25) is 0 Å². The van der Waals surface area contributed by atoms with Crippen molar-refractivity contribution >= 4 is 29.8 Å². The minimum Gasteiger partial charge on any atom is -0.488 e. The minimum absolute atomic E-state index is 0.0310. The number of hydrogen-bond acceptors (Lipinski definition) is 10. The molecule has 3 aromatic carbocycles. The van der Waals surface area contributed by atoms with Gasteiger partial charge < -0.3 is 39.4 Å². The Hall–Kier alpha value is -5.14. The summed E-state index contributed by atoms with van der Waals surface area (Å²) in [5.74, 6) is 0.579. The molecule has 4 aliphatic heterocycles. The van der Waals surface area contributed by atoms with Gasteiger partial charge in [-0.05, 0) is 106 Å². The first kappa shape index (κ1) is 42.0. The number of carbonyl (C=O) groups excluding carboxylic acids is 4. The van der Waals surface area contributed by atoms with Gasteiger partial charge in [-0.1, -0.05) is 60.7 Å². The number of anilines is 1. The minimum atomic E-state index is -1.10. The van der Waals surface area contributed by atoms with E-state index in [2.05, 4.69) is 15.5 Å². The highest BCUT2D eigenvalue weighted by Gasteiger charge is 2.43. The van der Waals surface area contributed by atoms with Crippen molar-refractivity contribution in [2.45, 2.75) is 109 Å². The lowest BCUT2D eigenvalue weighted by Crippen LogP contribution is -2.58. The van der Waals surface area contributed by atoms with Crippen molar-refractivity contribution in [2.75, 3.05) is 51.2 Å². The Morgan fingerprint density at radius 2 is 1.54 bits per heavy atom. The van der Waals surface area contributed by atoms with Crippen LogP contribution in [0.5, 0.6) is 5.75 Å². The molecule has 2 N–H and O–H groups in total. The van der Waals surface area contributed by atoms with Crippen LogP contribution in [0.1, 0.15) is 73.3 Å². The monoisotopic (exact) mass is 809 g/mol. The molecule has 0 radical (unpaired) electrons. The highest BCUT2D eigenvalue weighted by atomic mass is 16.7. The number of fused-ring (bicyclic) bond motifs is 1. The van der Waals surface area contributed by atoms with Gasteiger partial charge in [0.05, 0.1) is 12.6 Å². The molecule has 0 aromatic heterocycles. The molecule has 4 heterocycles. The molecule has 0 spiro atoms. The Labute approximate surface area is 347 Å². The second-order valence-corrected chi connectivity index (χ2v) is 16.2. The molecule has 3 fully saturated rings. The highest BCUT2D eigenvalue weighted by Crippen LogP contribution is 2.31. The van der Waals surface area contributed by atoms with Crippen LogP contribution in [0.4, 0.5) is 20.1 Å². The van der Waals surface area contributed by atoms with Gasteiger partial charge in [0.15, 0.2) is 11.9 Å². The first-order valence-corrected chi connectivity index (χ1v) is 21.4. The van der Waals surface area contributed by atoms with Gasteiger partial charge in [-0.25, -0.2) is 14.4 Å². The van der Waals surface area contributed by atoms with Gasteiger partial charge >= 0.3 is 18.3 Å². The van der Waals surface area contributed by atoms with Gasteiger partial charge in [-0.3, -0.25) is 9.69 Å². The Balaban J connectivity index is 1.09. The summed E-state index contributed by atoms with van der Waals surface area (Å²) in [5, 5.41) is 6.49. The SMILES string of the molecule is CCOC(=O)OC1CCN(C2CCNCC2)C(C(=O)[C@@H](Cc2cc(C)c(OCc3ccccc3)c(C)c2)OC(=O)N2CCC(N3CCc4ccccc4NC3=O)CC2)C1. The Bertz CT molecular complexity index is 1910. The molecule has 0 saturated carbocycles. The largest absolute Gasteiger partial charge is 0.508 e. The van der Waals surface area contributed by atoms with Gasteiger partial charge in [0, 0.05) is 56.8 Å². The number of amides is 3. The number of piperidine rings is 3. The zero-order valence-electron chi connectivity index (χ0n) is 34.7. The van der Waals surface area contributed by atoms with Crippen molar-refractivity contribution < 1.29 is 38.1 Å². The van der Waals surface area contributed by atoms with Gasteiger partial charge in [0.25, 0.3) is 0 Å². The number of benzene rings is 3. The fourth-order valence-electron chi connectivity index (χ4n) is 9.24. The van der Waals surface area contributed by atoms with Gasteiger partial charge in [-0.2, -0.15) is 0 Å². The highest BCUT2D eigenvalue weighted by molar-refractivity contribution is 5.91. The van der Waals surface area contributed by atoms with Crippen LogP contribution >= 0.6 is 0 Å². The van der Waals surface area contributed by atoms with E-state index >= 15 is 4.79 Å². The summed E-state index contributed by atoms with van der Waals surface area (Å²) in [5.41, 5.74) is 5.71. The number of likely N-dealkylation sites (tertiary alicyclic amines) is 2. The van der Waals surface area contributed by atoms with E-state index < -0.39 is 30.5 Å². The predicted octanol–water partition coefficient (Wildman–Crippen LogP) is 6.81. The molecule has 3 atom stereocenters. The fraction of sp³-hybridized carbons (Fsp3) is 0.522. The molecule has 4 aliphatic rings. The summed E-state index contributed by atoms with van der Waals surface area (Å²) in [6, 6.07) is 21.3. The number of nitrogens with one attached hydrogen (secondary N) is 2. The molecule has 3 saturated heterocycles. The number of ether oxygens (including phenoxy) is 4. The molecule has 13 nitrogen and oxygen atoms in total. The molecule has 3 amide bonds. The fourth-order valence-corrected chi connectivity index (χ4v) is 9.24. The summed E-state index contributed by atoms with van der Waals surface area (Å²) in [6.45, 7) is 9.99. The van der Waals surface area contributed by atoms with E-state index in [0.29, 0.717) is 52.0 Å². The summed E-state index contributed by atoms with van der Waals surface area (Å²) in [6.07, 6.45) is 1.86.